The van der Waals surface area contributed by atoms with Crippen LogP contribution in [-0.2, 0) is 5.67 Å². The minimum Gasteiger partial charge on any atom is -0.320 e. The van der Waals surface area contributed by atoms with Crippen LogP contribution in [0.25, 0.3) is 0 Å². The number of benzene rings is 2. The Labute approximate surface area is 205 Å². The predicted molar refractivity (Wildman–Crippen MR) is 113 cm³/mol. The molecule has 16 heteroatoms. The zero-order valence-electron chi connectivity index (χ0n) is 15.3. The van der Waals surface area contributed by atoms with Gasteiger partial charge >= 0.3 is 23.9 Å². The third-order valence-electron chi connectivity index (χ3n) is 4.18. The van der Waals surface area contributed by atoms with E-state index in [1.54, 1.807) is 0 Å². The fourth-order valence-corrected chi connectivity index (χ4v) is 4.59. The van der Waals surface area contributed by atoms with Gasteiger partial charge in [-0.25, -0.2) is 4.39 Å². The number of alkyl halides is 9. The third kappa shape index (κ3) is 4.99. The lowest BCUT2D eigenvalue weighted by molar-refractivity contribution is -0.389. The van der Waals surface area contributed by atoms with Crippen molar-refractivity contribution in [1.82, 2.24) is 0 Å². The summed E-state index contributed by atoms with van der Waals surface area (Å²) in [5.74, 6) is -7.84. The van der Waals surface area contributed by atoms with Gasteiger partial charge in [-0.1, -0.05) is 6.07 Å². The molecule has 0 radical (unpaired) electrons. The molecule has 1 unspecified atom stereocenters. The van der Waals surface area contributed by atoms with Crippen molar-refractivity contribution in [2.45, 2.75) is 23.9 Å². The van der Waals surface area contributed by atoms with Gasteiger partial charge < -0.3 is 5.32 Å². The number of non-ortho nitro benzene ring substituents is 1. The average molecular weight is 712 g/mol. The number of nitro benzene ring substituents is 1. The minimum atomic E-state index is -6.87. The van der Waals surface area contributed by atoms with Crippen molar-refractivity contribution in [2.75, 3.05) is 5.32 Å². The summed E-state index contributed by atoms with van der Waals surface area (Å²) in [6.45, 7) is 0. The van der Waals surface area contributed by atoms with Crippen LogP contribution in [0.1, 0.15) is 15.9 Å². The number of carbonyl (C=O) groups excluding carboxylic acids is 1. The van der Waals surface area contributed by atoms with E-state index in [1.807, 2.05) is 0 Å². The van der Waals surface area contributed by atoms with Gasteiger partial charge in [0.2, 0.25) is 0 Å². The highest BCUT2D eigenvalue weighted by Gasteiger charge is 2.81. The Bertz CT molecular complexity index is 1080. The molecule has 2 aromatic rings. The number of anilines is 1. The van der Waals surface area contributed by atoms with Gasteiger partial charge in [-0.05, 0) is 63.4 Å². The summed E-state index contributed by atoms with van der Waals surface area (Å²) in [6, 6.07) is 4.43. The van der Waals surface area contributed by atoms with Crippen LogP contribution >= 0.6 is 45.2 Å². The summed E-state index contributed by atoms with van der Waals surface area (Å²) in [4.78, 5) is 22.4. The van der Waals surface area contributed by atoms with Crippen LogP contribution in [-0.4, -0.2) is 29.1 Å². The second-order valence-electron chi connectivity index (χ2n) is 6.30. The van der Waals surface area contributed by atoms with E-state index in [-0.39, 0.29) is 23.4 Å². The van der Waals surface area contributed by atoms with E-state index in [2.05, 4.69) is 5.32 Å². The van der Waals surface area contributed by atoms with E-state index >= 15 is 0 Å². The second-order valence-corrected chi connectivity index (χ2v) is 8.63. The topological polar surface area (TPSA) is 72.2 Å². The Kier molecular flexibility index (Phi) is 7.52. The molecule has 2 aromatic carbocycles. The molecule has 180 valence electrons. The Balaban J connectivity index is 2.56. The highest BCUT2D eigenvalue weighted by atomic mass is 127. The molecule has 5 nitrogen and oxygen atoms in total. The first-order chi connectivity index (χ1) is 14.8. The van der Waals surface area contributed by atoms with E-state index in [0.717, 1.165) is 24.3 Å². The summed E-state index contributed by atoms with van der Waals surface area (Å²) < 4.78 is 119. The van der Waals surface area contributed by atoms with Crippen molar-refractivity contribution in [3.63, 3.8) is 0 Å². The second kappa shape index (κ2) is 9.06. The smallest absolute Gasteiger partial charge is 0.320 e. The predicted octanol–water partition coefficient (Wildman–Crippen LogP) is 6.98. The molecule has 0 aliphatic carbocycles. The maximum absolute atomic E-state index is 14.7. The number of hydrogen-bond donors (Lipinski definition) is 1. The fourth-order valence-electron chi connectivity index (χ4n) is 2.56. The fraction of sp³-hybridized carbons (Fsp3) is 0.235. The van der Waals surface area contributed by atoms with Crippen LogP contribution in [0, 0.1) is 17.3 Å². The standard InChI is InChI=1S/C17H7F9I2N2O3/c18-14(16(21,22)23,15(19,20)17(24,25)26)8-5-10(27)12(11(28)6-8)29-13(31)7-2-1-3-9(4-7)30(32)33/h1-6H,(H,29,31). The summed E-state index contributed by atoms with van der Waals surface area (Å²) >= 11 is 2.42. The van der Waals surface area contributed by atoms with Gasteiger partial charge in [0.05, 0.1) is 10.6 Å². The average Bonchev–Trinajstić information content (AvgIpc) is 2.67. The Morgan fingerprint density at radius 2 is 1.39 bits per heavy atom. The SMILES string of the molecule is O=C(Nc1c(I)cc(C(F)(C(F)(F)F)C(F)(F)C(F)(F)F)cc1I)c1cccc([N+](=O)[O-])c1. The molecular weight excluding hydrogens is 705 g/mol. The first kappa shape index (κ1) is 27.4. The Hall–Kier alpha value is -1.86. The molecule has 0 heterocycles. The summed E-state index contributed by atoms with van der Waals surface area (Å²) in [6.07, 6.45) is -13.5. The third-order valence-corrected chi connectivity index (χ3v) is 5.88. The number of carbonyl (C=O) groups is 1. The molecule has 33 heavy (non-hydrogen) atoms. The van der Waals surface area contributed by atoms with E-state index in [9.17, 15) is 54.4 Å². The van der Waals surface area contributed by atoms with Crippen molar-refractivity contribution >= 4 is 62.5 Å². The monoisotopic (exact) mass is 712 g/mol. The molecule has 0 saturated heterocycles. The molecule has 2 rings (SSSR count). The minimum absolute atomic E-state index is 0.0961. The van der Waals surface area contributed by atoms with E-state index in [1.165, 1.54) is 45.2 Å². The lowest BCUT2D eigenvalue weighted by Gasteiger charge is -2.36. The number of nitrogens with zero attached hydrogens (tertiary/aromatic N) is 1. The number of nitrogens with one attached hydrogen (secondary N) is 1. The Morgan fingerprint density at radius 1 is 0.879 bits per heavy atom. The van der Waals surface area contributed by atoms with Crippen molar-refractivity contribution in [3.05, 3.63) is 64.8 Å². The van der Waals surface area contributed by atoms with E-state index in [4.69, 9.17) is 0 Å². The van der Waals surface area contributed by atoms with Gasteiger partial charge in [0.15, 0.2) is 0 Å². The summed E-state index contributed by atoms with van der Waals surface area (Å²) in [5.41, 5.74) is -9.22. The summed E-state index contributed by atoms with van der Waals surface area (Å²) in [5, 5.41) is 13.0. The van der Waals surface area contributed by atoms with Crippen LogP contribution in [0.5, 0.6) is 0 Å². The van der Waals surface area contributed by atoms with E-state index < -0.39 is 53.2 Å². The van der Waals surface area contributed by atoms with Crippen LogP contribution in [0.4, 0.5) is 50.9 Å². The molecule has 0 aromatic heterocycles. The highest BCUT2D eigenvalue weighted by Crippen LogP contribution is 2.58. The van der Waals surface area contributed by atoms with Crippen molar-refractivity contribution in [3.8, 4) is 0 Å². The molecule has 0 aliphatic heterocycles. The number of amides is 1. The number of rotatable bonds is 5. The molecule has 0 aliphatic rings. The van der Waals surface area contributed by atoms with Crippen molar-refractivity contribution < 1.29 is 49.2 Å². The van der Waals surface area contributed by atoms with Gasteiger partial charge in [-0.15, -0.1) is 0 Å². The molecule has 1 amide bonds. The number of nitro groups is 1. The summed E-state index contributed by atoms with van der Waals surface area (Å²) in [7, 11) is 0. The van der Waals surface area contributed by atoms with Gasteiger partial charge in [0, 0.05) is 30.4 Å². The highest BCUT2D eigenvalue weighted by molar-refractivity contribution is 14.1. The zero-order valence-corrected chi connectivity index (χ0v) is 19.6. The van der Waals surface area contributed by atoms with Gasteiger partial charge in [-0.3, -0.25) is 14.9 Å². The van der Waals surface area contributed by atoms with Crippen LogP contribution in [0.2, 0.25) is 0 Å². The van der Waals surface area contributed by atoms with Gasteiger partial charge in [-0.2, -0.15) is 35.1 Å². The lowest BCUT2D eigenvalue weighted by atomic mass is 9.87. The van der Waals surface area contributed by atoms with Crippen molar-refractivity contribution in [1.29, 1.82) is 0 Å². The number of hydrogen-bond acceptors (Lipinski definition) is 3. The number of halogens is 11. The zero-order chi connectivity index (χ0) is 25.6. The van der Waals surface area contributed by atoms with Crippen LogP contribution in [0.15, 0.2) is 36.4 Å². The molecular formula is C17H7F9I2N2O3. The quantitative estimate of drug-likeness (QED) is 0.158. The molecule has 0 saturated carbocycles. The van der Waals surface area contributed by atoms with Gasteiger partial charge in [0.1, 0.15) is 0 Å². The Morgan fingerprint density at radius 3 is 1.82 bits per heavy atom. The molecule has 1 atom stereocenters. The maximum atomic E-state index is 14.7. The first-order valence-electron chi connectivity index (χ1n) is 8.10. The molecule has 0 spiro atoms. The normalized spacial score (nSPS) is 14.5. The lowest BCUT2D eigenvalue weighted by Crippen LogP contribution is -2.59. The molecule has 0 fully saturated rings. The molecule has 0 bridgehead atoms. The van der Waals surface area contributed by atoms with Crippen LogP contribution in [0.3, 0.4) is 0 Å². The maximum Gasteiger partial charge on any atom is 0.457 e. The van der Waals surface area contributed by atoms with Gasteiger partial charge in [0.25, 0.3) is 11.6 Å². The van der Waals surface area contributed by atoms with Crippen molar-refractivity contribution in [2.24, 2.45) is 0 Å². The molecule has 1 N–H and O–H groups in total. The first-order valence-corrected chi connectivity index (χ1v) is 10.3. The van der Waals surface area contributed by atoms with E-state index in [0.29, 0.717) is 0 Å². The van der Waals surface area contributed by atoms with Crippen LogP contribution < -0.4 is 5.32 Å². The largest absolute Gasteiger partial charge is 0.457 e.